The highest BCUT2D eigenvalue weighted by atomic mass is 32.1. The number of hydrogen-bond acceptors (Lipinski definition) is 6. The van der Waals surface area contributed by atoms with Crippen LogP contribution in [0.4, 0.5) is 0 Å². The van der Waals surface area contributed by atoms with Gasteiger partial charge in [0.25, 0.3) is 0 Å². The van der Waals surface area contributed by atoms with Gasteiger partial charge in [0, 0.05) is 0 Å². The second-order valence-electron chi connectivity index (χ2n) is 7.44. The molecule has 32 heavy (non-hydrogen) atoms. The highest BCUT2D eigenvalue weighted by Gasteiger charge is 2.15. The molecule has 0 aliphatic carbocycles. The molecule has 0 bridgehead atoms. The van der Waals surface area contributed by atoms with Crippen molar-refractivity contribution in [3.63, 3.8) is 0 Å². The number of rotatable bonds is 3. The van der Waals surface area contributed by atoms with Gasteiger partial charge in [0.1, 0.15) is 21.5 Å². The fourth-order valence-corrected chi connectivity index (χ4v) is 5.73. The molecule has 0 unspecified atom stereocenters. The molecule has 2 aromatic heterocycles. The number of phenolic OH excluding ortho intramolecular Hbond substituents is 2. The number of hydrogen-bond donors (Lipinski definition) is 2. The first-order chi connectivity index (χ1) is 15.7. The quantitative estimate of drug-likeness (QED) is 0.295. The molecule has 0 atom stereocenters. The zero-order chi connectivity index (χ0) is 21.7. The molecule has 4 nitrogen and oxygen atoms in total. The minimum absolute atomic E-state index is 0.193. The van der Waals surface area contributed by atoms with E-state index in [4.69, 9.17) is 9.97 Å². The first kappa shape index (κ1) is 19.0. The summed E-state index contributed by atoms with van der Waals surface area (Å²) in [6.45, 7) is 0. The van der Waals surface area contributed by atoms with Gasteiger partial charge in [-0.05, 0) is 59.7 Å². The predicted octanol–water partition coefficient (Wildman–Crippen LogP) is 7.32. The molecule has 154 valence electrons. The average Bonchev–Trinajstić information content (AvgIpc) is 3.44. The molecular weight excluding hydrogens is 436 g/mol. The van der Waals surface area contributed by atoms with Gasteiger partial charge in [-0.1, -0.05) is 36.4 Å². The van der Waals surface area contributed by atoms with Crippen molar-refractivity contribution in [3.8, 4) is 43.8 Å². The summed E-state index contributed by atoms with van der Waals surface area (Å²) in [5.41, 5.74) is 5.08. The second kappa shape index (κ2) is 7.44. The maximum absolute atomic E-state index is 10.5. The van der Waals surface area contributed by atoms with Crippen LogP contribution in [0.1, 0.15) is 0 Å². The zero-order valence-electron chi connectivity index (χ0n) is 16.7. The van der Waals surface area contributed by atoms with Gasteiger partial charge in [0.05, 0.1) is 31.6 Å². The average molecular weight is 453 g/mol. The van der Waals surface area contributed by atoms with Crippen molar-refractivity contribution >= 4 is 43.1 Å². The summed E-state index contributed by atoms with van der Waals surface area (Å²) in [7, 11) is 0. The number of nitrogens with zero attached hydrogens (tertiary/aromatic N) is 2. The SMILES string of the molecule is Oc1ccc(-c2ccc(O)c(-c3nc4ccccc4s3)c2)cc1-c1nc2ccccc2s1. The van der Waals surface area contributed by atoms with E-state index in [2.05, 4.69) is 0 Å². The van der Waals surface area contributed by atoms with Crippen molar-refractivity contribution in [2.75, 3.05) is 0 Å². The Hall–Kier alpha value is -3.74. The lowest BCUT2D eigenvalue weighted by Crippen LogP contribution is -1.85. The smallest absolute Gasteiger partial charge is 0.128 e. The number of thiazole rings is 2. The van der Waals surface area contributed by atoms with Crippen LogP contribution in [0.3, 0.4) is 0 Å². The minimum atomic E-state index is 0.193. The predicted molar refractivity (Wildman–Crippen MR) is 132 cm³/mol. The van der Waals surface area contributed by atoms with E-state index in [1.54, 1.807) is 34.8 Å². The first-order valence-corrected chi connectivity index (χ1v) is 11.7. The van der Waals surface area contributed by atoms with Crippen molar-refractivity contribution in [2.24, 2.45) is 0 Å². The third-order valence-corrected chi connectivity index (χ3v) is 7.51. The van der Waals surface area contributed by atoms with Crippen LogP contribution in [0, 0.1) is 0 Å². The van der Waals surface area contributed by atoms with Crippen molar-refractivity contribution in [3.05, 3.63) is 84.9 Å². The number of aromatic nitrogens is 2. The van der Waals surface area contributed by atoms with Crippen molar-refractivity contribution < 1.29 is 10.2 Å². The monoisotopic (exact) mass is 452 g/mol. The molecule has 0 saturated heterocycles. The Morgan fingerprint density at radius 3 is 1.41 bits per heavy atom. The zero-order valence-corrected chi connectivity index (χ0v) is 18.3. The van der Waals surface area contributed by atoms with Gasteiger partial charge in [0.2, 0.25) is 0 Å². The summed E-state index contributed by atoms with van der Waals surface area (Å²) in [6, 6.07) is 26.9. The van der Waals surface area contributed by atoms with Gasteiger partial charge in [-0.2, -0.15) is 0 Å². The fourth-order valence-electron chi connectivity index (χ4n) is 3.75. The van der Waals surface area contributed by atoms with Crippen LogP contribution >= 0.6 is 22.7 Å². The third kappa shape index (κ3) is 3.21. The molecule has 2 heterocycles. The lowest BCUT2D eigenvalue weighted by Gasteiger charge is -2.09. The van der Waals surface area contributed by atoms with E-state index in [1.807, 2.05) is 72.8 Å². The molecule has 6 heteroatoms. The standard InChI is InChI=1S/C26H16N2O2S2/c29-21-11-9-15(13-17(21)25-27-19-5-1-3-7-23(19)31-25)16-10-12-22(30)18(14-16)26-28-20-6-2-4-8-24(20)32-26/h1-14,29-30H. The lowest BCUT2D eigenvalue weighted by molar-refractivity contribution is 0.476. The van der Waals surface area contributed by atoms with Crippen LogP contribution in [0.25, 0.3) is 52.7 Å². The number of aromatic hydroxyl groups is 2. The normalized spacial score (nSPS) is 11.4. The molecule has 0 fully saturated rings. The molecule has 4 aromatic carbocycles. The summed E-state index contributed by atoms with van der Waals surface area (Å²) in [5.74, 6) is 0.385. The van der Waals surface area contributed by atoms with E-state index < -0.39 is 0 Å². The van der Waals surface area contributed by atoms with Gasteiger partial charge in [-0.3, -0.25) is 0 Å². The number of fused-ring (bicyclic) bond motifs is 2. The second-order valence-corrected chi connectivity index (χ2v) is 9.50. The van der Waals surface area contributed by atoms with Crippen LogP contribution in [0.5, 0.6) is 11.5 Å². The van der Waals surface area contributed by atoms with E-state index in [1.165, 1.54) is 0 Å². The van der Waals surface area contributed by atoms with E-state index in [-0.39, 0.29) is 11.5 Å². The van der Waals surface area contributed by atoms with Crippen molar-refractivity contribution in [1.82, 2.24) is 9.97 Å². The number of para-hydroxylation sites is 2. The van der Waals surface area contributed by atoms with Gasteiger partial charge >= 0.3 is 0 Å². The third-order valence-electron chi connectivity index (χ3n) is 5.38. The Balaban J connectivity index is 1.46. The molecule has 0 radical (unpaired) electrons. The molecule has 0 aliphatic heterocycles. The molecule has 6 aromatic rings. The molecule has 6 rings (SSSR count). The Kier molecular flexibility index (Phi) is 4.41. The Bertz CT molecular complexity index is 1430. The highest BCUT2D eigenvalue weighted by Crippen LogP contribution is 2.41. The van der Waals surface area contributed by atoms with Crippen LogP contribution in [0.15, 0.2) is 84.9 Å². The van der Waals surface area contributed by atoms with Crippen LogP contribution in [0.2, 0.25) is 0 Å². The summed E-state index contributed by atoms with van der Waals surface area (Å²) in [4.78, 5) is 9.38. The molecular formula is C26H16N2O2S2. The van der Waals surface area contributed by atoms with Crippen LogP contribution < -0.4 is 0 Å². The lowest BCUT2D eigenvalue weighted by atomic mass is 10.00. The number of benzene rings is 4. The first-order valence-electron chi connectivity index (χ1n) is 10.0. The van der Waals surface area contributed by atoms with Crippen LogP contribution in [-0.4, -0.2) is 20.2 Å². The molecule has 2 N–H and O–H groups in total. The summed E-state index contributed by atoms with van der Waals surface area (Å²) >= 11 is 3.11. The minimum Gasteiger partial charge on any atom is -0.507 e. The van der Waals surface area contributed by atoms with Crippen molar-refractivity contribution in [2.45, 2.75) is 0 Å². The van der Waals surface area contributed by atoms with Gasteiger partial charge in [0.15, 0.2) is 0 Å². The van der Waals surface area contributed by atoms with E-state index in [0.717, 1.165) is 41.6 Å². The van der Waals surface area contributed by atoms with Gasteiger partial charge in [-0.15, -0.1) is 22.7 Å². The summed E-state index contributed by atoms with van der Waals surface area (Å²) in [6.07, 6.45) is 0. The van der Waals surface area contributed by atoms with E-state index in [0.29, 0.717) is 11.1 Å². The van der Waals surface area contributed by atoms with Gasteiger partial charge in [-0.25, -0.2) is 9.97 Å². The molecule has 0 aliphatic rings. The topological polar surface area (TPSA) is 66.2 Å². The van der Waals surface area contributed by atoms with E-state index >= 15 is 0 Å². The fraction of sp³-hybridized carbons (Fsp3) is 0. The van der Waals surface area contributed by atoms with Crippen LogP contribution in [-0.2, 0) is 0 Å². The molecule has 0 amide bonds. The Labute approximate surface area is 191 Å². The number of phenols is 2. The van der Waals surface area contributed by atoms with Gasteiger partial charge < -0.3 is 10.2 Å². The maximum Gasteiger partial charge on any atom is 0.128 e. The highest BCUT2D eigenvalue weighted by molar-refractivity contribution is 7.22. The molecule has 0 spiro atoms. The molecule has 0 saturated carbocycles. The summed E-state index contributed by atoms with van der Waals surface area (Å²) < 4.78 is 2.16. The maximum atomic E-state index is 10.5. The Morgan fingerprint density at radius 2 is 0.969 bits per heavy atom. The van der Waals surface area contributed by atoms with Crippen molar-refractivity contribution in [1.29, 1.82) is 0 Å². The Morgan fingerprint density at radius 1 is 0.531 bits per heavy atom. The van der Waals surface area contributed by atoms with E-state index in [9.17, 15) is 10.2 Å². The largest absolute Gasteiger partial charge is 0.507 e. The summed E-state index contributed by atoms with van der Waals surface area (Å²) in [5, 5.41) is 22.6.